The number of amides is 1. The standard InChI is InChI=1S/C18H17N3O2/c1-23-17(13-7-3-2-4-8-13)18(22)21-20-12-14-11-19-16-10-6-5-9-15(14)16/h2-12,17,19H,1H3,(H,21,22)/b20-12+. The normalized spacial score (nSPS) is 12.6. The van der Waals surface area contributed by atoms with Gasteiger partial charge in [-0.2, -0.15) is 5.10 Å². The maximum absolute atomic E-state index is 12.2. The monoisotopic (exact) mass is 307 g/mol. The molecule has 0 saturated carbocycles. The largest absolute Gasteiger partial charge is 0.367 e. The SMILES string of the molecule is COC(C(=O)N/N=C/c1c[nH]c2ccccc12)c1ccccc1. The zero-order chi connectivity index (χ0) is 16.1. The van der Waals surface area contributed by atoms with Gasteiger partial charge in [-0.05, 0) is 11.6 Å². The van der Waals surface area contributed by atoms with Gasteiger partial charge in [-0.3, -0.25) is 4.79 Å². The van der Waals surface area contributed by atoms with Crippen LogP contribution in [-0.4, -0.2) is 24.2 Å². The third-order valence-electron chi connectivity index (χ3n) is 3.58. The van der Waals surface area contributed by atoms with Crippen molar-refractivity contribution >= 4 is 23.0 Å². The van der Waals surface area contributed by atoms with E-state index in [0.717, 1.165) is 22.0 Å². The Kier molecular flexibility index (Phi) is 4.49. The van der Waals surface area contributed by atoms with Gasteiger partial charge in [-0.1, -0.05) is 48.5 Å². The summed E-state index contributed by atoms with van der Waals surface area (Å²) in [6, 6.07) is 17.2. The molecule has 23 heavy (non-hydrogen) atoms. The lowest BCUT2D eigenvalue weighted by Crippen LogP contribution is -2.26. The highest BCUT2D eigenvalue weighted by Crippen LogP contribution is 2.17. The quantitative estimate of drug-likeness (QED) is 0.562. The van der Waals surface area contributed by atoms with E-state index in [2.05, 4.69) is 15.5 Å². The minimum atomic E-state index is -0.684. The smallest absolute Gasteiger partial charge is 0.273 e. The van der Waals surface area contributed by atoms with E-state index < -0.39 is 6.10 Å². The van der Waals surface area contributed by atoms with E-state index in [1.54, 1.807) is 6.21 Å². The molecular formula is C18H17N3O2. The highest BCUT2D eigenvalue weighted by atomic mass is 16.5. The number of fused-ring (bicyclic) bond motifs is 1. The lowest BCUT2D eigenvalue weighted by atomic mass is 10.1. The van der Waals surface area contributed by atoms with Crippen LogP contribution in [0.3, 0.4) is 0 Å². The molecule has 1 aromatic heterocycles. The number of carbonyl (C=O) groups excluding carboxylic acids is 1. The second-order valence-electron chi connectivity index (χ2n) is 5.05. The molecular weight excluding hydrogens is 290 g/mol. The van der Waals surface area contributed by atoms with Crippen LogP contribution in [0.1, 0.15) is 17.2 Å². The van der Waals surface area contributed by atoms with Crippen molar-refractivity contribution in [2.24, 2.45) is 5.10 Å². The van der Waals surface area contributed by atoms with E-state index >= 15 is 0 Å². The molecule has 1 amide bonds. The molecule has 3 rings (SSSR count). The van der Waals surface area contributed by atoms with Gasteiger partial charge in [0.15, 0.2) is 6.10 Å². The van der Waals surface area contributed by atoms with Gasteiger partial charge >= 0.3 is 0 Å². The Morgan fingerprint density at radius 3 is 2.70 bits per heavy atom. The minimum Gasteiger partial charge on any atom is -0.367 e. The third-order valence-corrected chi connectivity index (χ3v) is 3.58. The number of H-pyrrole nitrogens is 1. The fraction of sp³-hybridized carbons (Fsp3) is 0.111. The maximum atomic E-state index is 12.2. The van der Waals surface area contributed by atoms with Crippen LogP contribution in [0.2, 0.25) is 0 Å². The topological polar surface area (TPSA) is 66.5 Å². The first-order valence-electron chi connectivity index (χ1n) is 7.26. The summed E-state index contributed by atoms with van der Waals surface area (Å²) in [6.07, 6.45) is 2.79. The first kappa shape index (κ1) is 15.0. The number of aromatic nitrogens is 1. The van der Waals surface area contributed by atoms with Gasteiger partial charge in [-0.25, -0.2) is 5.43 Å². The summed E-state index contributed by atoms with van der Waals surface area (Å²) in [7, 11) is 1.50. The number of methoxy groups -OCH3 is 1. The number of hydrogen-bond donors (Lipinski definition) is 2. The van der Waals surface area contributed by atoms with Crippen molar-refractivity contribution < 1.29 is 9.53 Å². The van der Waals surface area contributed by atoms with Crippen LogP contribution in [0, 0.1) is 0 Å². The van der Waals surface area contributed by atoms with Crippen molar-refractivity contribution in [2.75, 3.05) is 7.11 Å². The molecule has 0 aliphatic heterocycles. The Balaban J connectivity index is 1.70. The van der Waals surface area contributed by atoms with Gasteiger partial charge in [0.25, 0.3) is 5.91 Å². The van der Waals surface area contributed by atoms with E-state index in [0.29, 0.717) is 0 Å². The van der Waals surface area contributed by atoms with Crippen molar-refractivity contribution in [1.29, 1.82) is 0 Å². The van der Waals surface area contributed by atoms with Crippen LogP contribution in [0.5, 0.6) is 0 Å². The Hall–Kier alpha value is -2.92. The molecule has 116 valence electrons. The maximum Gasteiger partial charge on any atom is 0.273 e. The Morgan fingerprint density at radius 1 is 1.17 bits per heavy atom. The molecule has 5 nitrogen and oxygen atoms in total. The summed E-state index contributed by atoms with van der Waals surface area (Å²) in [5.41, 5.74) is 5.25. The predicted octanol–water partition coefficient (Wildman–Crippen LogP) is 3.01. The van der Waals surface area contributed by atoms with E-state index in [9.17, 15) is 4.79 Å². The lowest BCUT2D eigenvalue weighted by Gasteiger charge is -2.13. The zero-order valence-corrected chi connectivity index (χ0v) is 12.7. The minimum absolute atomic E-state index is 0.310. The summed E-state index contributed by atoms with van der Waals surface area (Å²) in [5.74, 6) is -0.310. The highest BCUT2D eigenvalue weighted by molar-refractivity contribution is 5.99. The molecule has 0 spiro atoms. The van der Waals surface area contributed by atoms with E-state index in [4.69, 9.17) is 4.74 Å². The Labute approximate surface area is 134 Å². The van der Waals surface area contributed by atoms with Gasteiger partial charge in [-0.15, -0.1) is 0 Å². The average Bonchev–Trinajstić information content (AvgIpc) is 3.00. The third kappa shape index (κ3) is 3.30. The molecule has 0 fully saturated rings. The number of nitrogens with zero attached hydrogens (tertiary/aromatic N) is 1. The number of rotatable bonds is 5. The van der Waals surface area contributed by atoms with Crippen molar-refractivity contribution in [2.45, 2.75) is 6.10 Å². The highest BCUT2D eigenvalue weighted by Gasteiger charge is 2.19. The fourth-order valence-corrected chi connectivity index (χ4v) is 2.45. The van der Waals surface area contributed by atoms with Gasteiger partial charge in [0.1, 0.15) is 0 Å². The van der Waals surface area contributed by atoms with E-state index in [1.165, 1.54) is 7.11 Å². The summed E-state index contributed by atoms with van der Waals surface area (Å²) in [5, 5.41) is 5.09. The summed E-state index contributed by atoms with van der Waals surface area (Å²) < 4.78 is 5.26. The van der Waals surface area contributed by atoms with Crippen LogP contribution in [-0.2, 0) is 9.53 Å². The fourth-order valence-electron chi connectivity index (χ4n) is 2.45. The Morgan fingerprint density at radius 2 is 1.91 bits per heavy atom. The number of hydrazone groups is 1. The molecule has 0 aliphatic carbocycles. The van der Waals surface area contributed by atoms with E-state index in [1.807, 2.05) is 60.8 Å². The lowest BCUT2D eigenvalue weighted by molar-refractivity contribution is -0.131. The number of para-hydroxylation sites is 1. The number of aromatic amines is 1. The average molecular weight is 307 g/mol. The molecule has 1 atom stereocenters. The molecule has 3 aromatic rings. The van der Waals surface area contributed by atoms with Gasteiger partial charge in [0.05, 0.1) is 6.21 Å². The van der Waals surface area contributed by atoms with Crippen molar-refractivity contribution in [3.05, 3.63) is 71.9 Å². The first-order valence-corrected chi connectivity index (χ1v) is 7.26. The molecule has 0 bridgehead atoms. The molecule has 1 unspecified atom stereocenters. The molecule has 0 saturated heterocycles. The second kappa shape index (κ2) is 6.89. The van der Waals surface area contributed by atoms with Crippen LogP contribution in [0.4, 0.5) is 0 Å². The van der Waals surface area contributed by atoms with Crippen LogP contribution >= 0.6 is 0 Å². The van der Waals surface area contributed by atoms with Crippen molar-refractivity contribution in [1.82, 2.24) is 10.4 Å². The summed E-state index contributed by atoms with van der Waals surface area (Å²) in [6.45, 7) is 0. The van der Waals surface area contributed by atoms with Gasteiger partial charge in [0, 0.05) is 29.8 Å². The van der Waals surface area contributed by atoms with Crippen LogP contribution in [0.25, 0.3) is 10.9 Å². The summed E-state index contributed by atoms with van der Waals surface area (Å²) >= 11 is 0. The number of nitrogens with one attached hydrogen (secondary N) is 2. The van der Waals surface area contributed by atoms with Gasteiger partial charge < -0.3 is 9.72 Å². The van der Waals surface area contributed by atoms with Crippen LogP contribution < -0.4 is 5.43 Å². The predicted molar refractivity (Wildman–Crippen MR) is 90.2 cm³/mol. The summed E-state index contributed by atoms with van der Waals surface area (Å²) in [4.78, 5) is 15.4. The number of ether oxygens (including phenoxy) is 1. The molecule has 1 heterocycles. The number of benzene rings is 2. The van der Waals surface area contributed by atoms with Gasteiger partial charge in [0.2, 0.25) is 0 Å². The molecule has 2 aromatic carbocycles. The number of carbonyl (C=O) groups is 1. The molecule has 0 aliphatic rings. The molecule has 2 N–H and O–H groups in total. The second-order valence-corrected chi connectivity index (χ2v) is 5.05. The van der Waals surface area contributed by atoms with Crippen molar-refractivity contribution in [3.8, 4) is 0 Å². The molecule has 5 heteroatoms. The van der Waals surface area contributed by atoms with Crippen LogP contribution in [0.15, 0.2) is 65.9 Å². The zero-order valence-electron chi connectivity index (χ0n) is 12.7. The Bertz CT molecular complexity index is 824. The first-order chi connectivity index (χ1) is 11.3. The van der Waals surface area contributed by atoms with E-state index in [-0.39, 0.29) is 5.91 Å². The number of hydrogen-bond acceptors (Lipinski definition) is 3. The van der Waals surface area contributed by atoms with Crippen molar-refractivity contribution in [3.63, 3.8) is 0 Å². The molecule has 0 radical (unpaired) electrons.